The topological polar surface area (TPSA) is 30.5 Å². The van der Waals surface area contributed by atoms with Crippen LogP contribution in [0, 0.1) is 12.3 Å². The second-order valence-corrected chi connectivity index (χ2v) is 3.76. The molecule has 6 heteroatoms. The summed E-state index contributed by atoms with van der Waals surface area (Å²) in [5, 5.41) is 2.90. The number of nitrogens with one attached hydrogen (secondary N) is 1. The molecule has 0 aromatic heterocycles. The fourth-order valence-electron chi connectivity index (χ4n) is 1.36. The molecule has 3 nitrogen and oxygen atoms in total. The molecule has 0 heterocycles. The number of benzene rings is 1. The Kier molecular flexibility index (Phi) is 5.52. The molecule has 104 valence electrons. The van der Waals surface area contributed by atoms with E-state index < -0.39 is 6.36 Å². The minimum atomic E-state index is -4.75. The van der Waals surface area contributed by atoms with E-state index in [2.05, 4.69) is 16.0 Å². The van der Waals surface area contributed by atoms with Gasteiger partial charge >= 0.3 is 6.36 Å². The van der Waals surface area contributed by atoms with E-state index in [0.29, 0.717) is 13.1 Å². The molecule has 0 saturated heterocycles. The van der Waals surface area contributed by atoms with Crippen LogP contribution in [-0.2, 0) is 0 Å². The summed E-state index contributed by atoms with van der Waals surface area (Å²) in [7, 11) is 0. The van der Waals surface area contributed by atoms with Gasteiger partial charge in [-0.1, -0.05) is 18.1 Å². The van der Waals surface area contributed by atoms with E-state index in [0.717, 1.165) is 0 Å². The third kappa shape index (κ3) is 6.02. The first-order chi connectivity index (χ1) is 8.92. The van der Waals surface area contributed by atoms with Gasteiger partial charge < -0.3 is 14.8 Å². The Hall–Kier alpha value is -1.87. The van der Waals surface area contributed by atoms with Gasteiger partial charge in [-0.25, -0.2) is 0 Å². The normalized spacial score (nSPS) is 12.6. The second-order valence-electron chi connectivity index (χ2n) is 3.76. The molecular formula is C13H14F3NO2. The van der Waals surface area contributed by atoms with Crippen molar-refractivity contribution >= 4 is 0 Å². The number of terminal acetylenes is 1. The Bertz CT molecular complexity index is 440. The molecule has 0 aliphatic carbocycles. The molecule has 0 amide bonds. The Morgan fingerprint density at radius 1 is 1.32 bits per heavy atom. The Balaban J connectivity index is 2.65. The summed E-state index contributed by atoms with van der Waals surface area (Å²) < 4.78 is 45.8. The minimum absolute atomic E-state index is 0.0369. The van der Waals surface area contributed by atoms with Gasteiger partial charge in [-0.3, -0.25) is 0 Å². The van der Waals surface area contributed by atoms with Crippen LogP contribution in [0.2, 0.25) is 0 Å². The highest BCUT2D eigenvalue weighted by Crippen LogP contribution is 2.32. The van der Waals surface area contributed by atoms with E-state index in [1.165, 1.54) is 18.2 Å². The van der Waals surface area contributed by atoms with E-state index in [-0.39, 0.29) is 17.6 Å². The van der Waals surface area contributed by atoms with Crippen LogP contribution in [0.25, 0.3) is 0 Å². The third-order valence-corrected chi connectivity index (χ3v) is 2.06. The predicted octanol–water partition coefficient (Wildman–Crippen LogP) is 2.58. The summed E-state index contributed by atoms with van der Waals surface area (Å²) in [6, 6.07) is 5.62. The molecule has 1 rings (SSSR count). The van der Waals surface area contributed by atoms with Gasteiger partial charge in [0.05, 0.1) is 6.54 Å². The molecule has 1 aromatic carbocycles. The van der Waals surface area contributed by atoms with Crippen LogP contribution in [0.3, 0.4) is 0 Å². The zero-order valence-corrected chi connectivity index (χ0v) is 10.3. The molecular weight excluding hydrogens is 259 g/mol. The average molecular weight is 273 g/mol. The fourth-order valence-corrected chi connectivity index (χ4v) is 1.36. The van der Waals surface area contributed by atoms with Crippen molar-refractivity contribution in [1.29, 1.82) is 0 Å². The zero-order chi connectivity index (χ0) is 14.3. The third-order valence-electron chi connectivity index (χ3n) is 2.06. The number of alkyl halides is 3. The number of rotatable bonds is 6. The molecule has 1 unspecified atom stereocenters. The summed E-state index contributed by atoms with van der Waals surface area (Å²) in [6.07, 6.45) is -0.0245. The van der Waals surface area contributed by atoms with E-state index in [9.17, 15) is 13.2 Å². The Morgan fingerprint density at radius 3 is 2.53 bits per heavy atom. The molecule has 0 fully saturated rings. The summed E-state index contributed by atoms with van der Waals surface area (Å²) in [6.45, 7) is 2.51. The molecule has 0 saturated carbocycles. The maximum Gasteiger partial charge on any atom is 0.573 e. The lowest BCUT2D eigenvalue weighted by Crippen LogP contribution is -2.29. The smallest absolute Gasteiger partial charge is 0.485 e. The van der Waals surface area contributed by atoms with Gasteiger partial charge in [0.2, 0.25) is 0 Å². The SMILES string of the molecule is C#CCNCC(C)Oc1ccccc1OC(F)(F)F. The highest BCUT2D eigenvalue weighted by atomic mass is 19.4. The minimum Gasteiger partial charge on any atom is -0.485 e. The molecule has 0 aliphatic heterocycles. The quantitative estimate of drug-likeness (QED) is 0.638. The lowest BCUT2D eigenvalue weighted by molar-refractivity contribution is -0.275. The first-order valence-corrected chi connectivity index (χ1v) is 5.58. The molecule has 1 atom stereocenters. The molecule has 0 radical (unpaired) electrons. The highest BCUT2D eigenvalue weighted by molar-refractivity contribution is 5.39. The van der Waals surface area contributed by atoms with Crippen molar-refractivity contribution in [3.63, 3.8) is 0 Å². The van der Waals surface area contributed by atoms with Crippen LogP contribution in [0.1, 0.15) is 6.92 Å². The maximum absolute atomic E-state index is 12.2. The molecule has 0 spiro atoms. The van der Waals surface area contributed by atoms with E-state index in [1.54, 1.807) is 13.0 Å². The van der Waals surface area contributed by atoms with Crippen LogP contribution in [0.5, 0.6) is 11.5 Å². The highest BCUT2D eigenvalue weighted by Gasteiger charge is 2.32. The van der Waals surface area contributed by atoms with Crippen LogP contribution in [-0.4, -0.2) is 25.6 Å². The summed E-state index contributed by atoms with van der Waals surface area (Å²) in [5.74, 6) is 2.06. The number of para-hydroxylation sites is 2. The van der Waals surface area contributed by atoms with Crippen molar-refractivity contribution in [3.8, 4) is 23.8 Å². The molecule has 0 bridgehead atoms. The number of halogens is 3. The largest absolute Gasteiger partial charge is 0.573 e. The van der Waals surface area contributed by atoms with Gasteiger partial charge in [-0.05, 0) is 19.1 Å². The molecule has 19 heavy (non-hydrogen) atoms. The monoisotopic (exact) mass is 273 g/mol. The second kappa shape index (κ2) is 6.90. The van der Waals surface area contributed by atoms with Gasteiger partial charge in [-0.2, -0.15) is 0 Å². The molecule has 0 aliphatic rings. The van der Waals surface area contributed by atoms with Gasteiger partial charge in [0.15, 0.2) is 11.5 Å². The van der Waals surface area contributed by atoms with Crippen molar-refractivity contribution < 1.29 is 22.6 Å². The van der Waals surface area contributed by atoms with Crippen LogP contribution in [0.4, 0.5) is 13.2 Å². The summed E-state index contributed by atoms with van der Waals surface area (Å²) in [4.78, 5) is 0. The van der Waals surface area contributed by atoms with Crippen LogP contribution < -0.4 is 14.8 Å². The lowest BCUT2D eigenvalue weighted by Gasteiger charge is -2.18. The van der Waals surface area contributed by atoms with Gasteiger partial charge in [-0.15, -0.1) is 19.6 Å². The molecule has 1 N–H and O–H groups in total. The maximum atomic E-state index is 12.2. The van der Waals surface area contributed by atoms with Crippen molar-refractivity contribution in [2.24, 2.45) is 0 Å². The van der Waals surface area contributed by atoms with Gasteiger partial charge in [0, 0.05) is 6.54 Å². The van der Waals surface area contributed by atoms with Crippen molar-refractivity contribution in [2.75, 3.05) is 13.1 Å². The summed E-state index contributed by atoms with van der Waals surface area (Å²) >= 11 is 0. The van der Waals surface area contributed by atoms with Crippen molar-refractivity contribution in [1.82, 2.24) is 5.32 Å². The first kappa shape index (κ1) is 15.2. The van der Waals surface area contributed by atoms with E-state index in [1.807, 2.05) is 0 Å². The standard InChI is InChI=1S/C13H14F3NO2/c1-3-8-17-9-10(2)18-11-6-4-5-7-12(11)19-13(14,15)16/h1,4-7,10,17H,8-9H2,2H3. The molecule has 1 aromatic rings. The lowest BCUT2D eigenvalue weighted by atomic mass is 10.3. The first-order valence-electron chi connectivity index (χ1n) is 5.58. The fraction of sp³-hybridized carbons (Fsp3) is 0.385. The summed E-state index contributed by atoms with van der Waals surface area (Å²) in [5.41, 5.74) is 0. The van der Waals surface area contributed by atoms with Gasteiger partial charge in [0.1, 0.15) is 6.10 Å². The van der Waals surface area contributed by atoms with Crippen LogP contribution >= 0.6 is 0 Å². The Labute approximate surface area is 109 Å². The van der Waals surface area contributed by atoms with E-state index in [4.69, 9.17) is 11.2 Å². The number of ether oxygens (including phenoxy) is 2. The van der Waals surface area contributed by atoms with Crippen molar-refractivity contribution in [2.45, 2.75) is 19.4 Å². The zero-order valence-electron chi connectivity index (χ0n) is 10.3. The van der Waals surface area contributed by atoms with Crippen molar-refractivity contribution in [3.05, 3.63) is 24.3 Å². The average Bonchev–Trinajstić information content (AvgIpc) is 2.30. The van der Waals surface area contributed by atoms with Crippen LogP contribution in [0.15, 0.2) is 24.3 Å². The van der Waals surface area contributed by atoms with Gasteiger partial charge in [0.25, 0.3) is 0 Å². The van der Waals surface area contributed by atoms with E-state index >= 15 is 0 Å². The Morgan fingerprint density at radius 2 is 1.95 bits per heavy atom. The number of hydrogen-bond donors (Lipinski definition) is 1. The predicted molar refractivity (Wildman–Crippen MR) is 64.9 cm³/mol. The number of hydrogen-bond acceptors (Lipinski definition) is 3.